The molecule has 0 aliphatic rings. The van der Waals surface area contributed by atoms with Crippen molar-refractivity contribution >= 4 is 0 Å². The van der Waals surface area contributed by atoms with Gasteiger partial charge in [-0.25, -0.2) is 0 Å². The Bertz CT molecular complexity index is 555. The first kappa shape index (κ1) is 14.3. The lowest BCUT2D eigenvalue weighted by Gasteiger charge is -2.09. The minimum absolute atomic E-state index is 0.612. The van der Waals surface area contributed by atoms with E-state index in [2.05, 4.69) is 20.7 Å². The Morgan fingerprint density at radius 3 is 2.65 bits per heavy atom. The lowest BCUT2D eigenvalue weighted by atomic mass is 10.1. The van der Waals surface area contributed by atoms with Gasteiger partial charge >= 0.3 is 0 Å². The molecule has 1 heterocycles. The molecule has 0 amide bonds. The van der Waals surface area contributed by atoms with E-state index in [0.29, 0.717) is 12.4 Å². The van der Waals surface area contributed by atoms with Crippen LogP contribution in [0.1, 0.15) is 11.4 Å². The number of rotatable bonds is 7. The number of ether oxygens (including phenoxy) is 2. The van der Waals surface area contributed by atoms with Crippen LogP contribution in [0.3, 0.4) is 0 Å². The van der Waals surface area contributed by atoms with Gasteiger partial charge in [-0.1, -0.05) is 6.07 Å². The molecule has 0 unspecified atom stereocenters. The Balaban J connectivity index is 1.82. The van der Waals surface area contributed by atoms with Crippen LogP contribution >= 0.6 is 0 Å². The van der Waals surface area contributed by atoms with Crippen molar-refractivity contribution in [3.63, 3.8) is 0 Å². The molecular weight excluding hydrogens is 258 g/mol. The molecule has 0 spiro atoms. The van der Waals surface area contributed by atoms with E-state index in [1.807, 2.05) is 18.2 Å². The van der Waals surface area contributed by atoms with Gasteiger partial charge in [0, 0.05) is 0 Å². The molecule has 7 nitrogen and oxygen atoms in total. The van der Waals surface area contributed by atoms with Gasteiger partial charge in [-0.15, -0.1) is 10.2 Å². The SMILES string of the molecule is COc1ccc(CCNCc2nnn(C)n2)cc1OC. The Morgan fingerprint density at radius 1 is 1.20 bits per heavy atom. The standard InChI is InChI=1S/C13H19N5O2/c1-18-16-13(15-17-18)9-14-7-6-10-4-5-11(19-2)12(8-10)20-3/h4-5,8,14H,6-7,9H2,1-3H3. The van der Waals surface area contributed by atoms with Gasteiger partial charge in [0.2, 0.25) is 0 Å². The van der Waals surface area contributed by atoms with E-state index in [1.54, 1.807) is 21.3 Å². The molecule has 0 aliphatic carbocycles. The number of benzene rings is 1. The molecule has 1 aromatic carbocycles. The van der Waals surface area contributed by atoms with Crippen LogP contribution in [0.4, 0.5) is 0 Å². The maximum atomic E-state index is 5.28. The van der Waals surface area contributed by atoms with Crippen LogP contribution in [0.2, 0.25) is 0 Å². The Hall–Kier alpha value is -2.15. The molecule has 0 radical (unpaired) electrons. The quantitative estimate of drug-likeness (QED) is 0.745. The van der Waals surface area contributed by atoms with Gasteiger partial charge in [-0.2, -0.15) is 4.80 Å². The molecule has 1 N–H and O–H groups in total. The highest BCUT2D eigenvalue weighted by atomic mass is 16.5. The van der Waals surface area contributed by atoms with Crippen molar-refractivity contribution in [3.05, 3.63) is 29.6 Å². The summed E-state index contributed by atoms with van der Waals surface area (Å²) in [6, 6.07) is 5.93. The Kier molecular flexibility index (Phi) is 4.89. The highest BCUT2D eigenvalue weighted by Gasteiger charge is 2.04. The first-order valence-electron chi connectivity index (χ1n) is 6.37. The van der Waals surface area contributed by atoms with Crippen molar-refractivity contribution in [2.24, 2.45) is 7.05 Å². The minimum Gasteiger partial charge on any atom is -0.493 e. The van der Waals surface area contributed by atoms with E-state index in [4.69, 9.17) is 9.47 Å². The zero-order valence-corrected chi connectivity index (χ0v) is 12.0. The molecule has 2 aromatic rings. The second-order valence-corrected chi connectivity index (χ2v) is 4.31. The normalized spacial score (nSPS) is 10.6. The van der Waals surface area contributed by atoms with Crippen LogP contribution in [0.25, 0.3) is 0 Å². The molecule has 7 heteroatoms. The van der Waals surface area contributed by atoms with Crippen LogP contribution in [0.15, 0.2) is 18.2 Å². The topological polar surface area (TPSA) is 74.1 Å². The fourth-order valence-electron chi connectivity index (χ4n) is 1.86. The van der Waals surface area contributed by atoms with Crippen molar-refractivity contribution in [2.45, 2.75) is 13.0 Å². The average Bonchev–Trinajstić information content (AvgIpc) is 2.89. The number of nitrogens with one attached hydrogen (secondary N) is 1. The molecule has 108 valence electrons. The first-order valence-corrected chi connectivity index (χ1v) is 6.37. The number of hydrogen-bond acceptors (Lipinski definition) is 6. The number of hydrogen-bond donors (Lipinski definition) is 1. The summed E-state index contributed by atoms with van der Waals surface area (Å²) in [7, 11) is 5.02. The predicted octanol–water partition coefficient (Wildman–Crippen LogP) is 0.560. The summed E-state index contributed by atoms with van der Waals surface area (Å²) < 4.78 is 10.5. The van der Waals surface area contributed by atoms with Crippen LogP contribution in [-0.2, 0) is 20.0 Å². The lowest BCUT2D eigenvalue weighted by Crippen LogP contribution is -2.17. The molecule has 0 bridgehead atoms. The van der Waals surface area contributed by atoms with Crippen molar-refractivity contribution in [1.82, 2.24) is 25.5 Å². The second kappa shape index (κ2) is 6.85. The third kappa shape index (κ3) is 3.67. The maximum Gasteiger partial charge on any atom is 0.188 e. The molecule has 2 rings (SSSR count). The van der Waals surface area contributed by atoms with Crippen molar-refractivity contribution in [3.8, 4) is 11.5 Å². The largest absolute Gasteiger partial charge is 0.493 e. The average molecular weight is 277 g/mol. The Labute approximate surface area is 117 Å². The highest BCUT2D eigenvalue weighted by Crippen LogP contribution is 2.27. The molecule has 20 heavy (non-hydrogen) atoms. The summed E-state index contributed by atoms with van der Waals surface area (Å²) in [6.45, 7) is 1.44. The number of aromatic nitrogens is 4. The van der Waals surface area contributed by atoms with Crippen LogP contribution in [-0.4, -0.2) is 41.0 Å². The zero-order chi connectivity index (χ0) is 14.4. The van der Waals surface area contributed by atoms with E-state index in [1.165, 1.54) is 10.4 Å². The molecular formula is C13H19N5O2. The van der Waals surface area contributed by atoms with Crippen molar-refractivity contribution in [2.75, 3.05) is 20.8 Å². The third-order valence-corrected chi connectivity index (χ3v) is 2.87. The molecule has 0 saturated heterocycles. The lowest BCUT2D eigenvalue weighted by molar-refractivity contribution is 0.354. The molecule has 1 aromatic heterocycles. The number of aryl methyl sites for hydroxylation is 1. The van der Waals surface area contributed by atoms with Crippen LogP contribution < -0.4 is 14.8 Å². The molecule has 0 fully saturated rings. The van der Waals surface area contributed by atoms with Crippen molar-refractivity contribution in [1.29, 1.82) is 0 Å². The summed E-state index contributed by atoms with van der Waals surface area (Å²) in [4.78, 5) is 1.45. The van der Waals surface area contributed by atoms with Gasteiger partial charge in [0.15, 0.2) is 17.3 Å². The van der Waals surface area contributed by atoms with Gasteiger partial charge in [0.25, 0.3) is 0 Å². The van der Waals surface area contributed by atoms with Crippen LogP contribution in [0.5, 0.6) is 11.5 Å². The number of methoxy groups -OCH3 is 2. The van der Waals surface area contributed by atoms with Crippen LogP contribution in [0, 0.1) is 0 Å². The van der Waals surface area contributed by atoms with Crippen molar-refractivity contribution < 1.29 is 9.47 Å². The summed E-state index contributed by atoms with van der Waals surface area (Å²) >= 11 is 0. The summed E-state index contributed by atoms with van der Waals surface area (Å²) in [5.41, 5.74) is 1.18. The van der Waals surface area contributed by atoms with Gasteiger partial charge in [-0.05, 0) is 35.9 Å². The number of tetrazole rings is 1. The van der Waals surface area contributed by atoms with Gasteiger partial charge in [0.1, 0.15) is 0 Å². The zero-order valence-electron chi connectivity index (χ0n) is 12.0. The maximum absolute atomic E-state index is 5.28. The van der Waals surface area contributed by atoms with Gasteiger partial charge in [-0.3, -0.25) is 0 Å². The van der Waals surface area contributed by atoms with E-state index < -0.39 is 0 Å². The first-order chi connectivity index (χ1) is 9.72. The van der Waals surface area contributed by atoms with Gasteiger partial charge in [0.05, 0.1) is 27.8 Å². The van der Waals surface area contributed by atoms with E-state index in [9.17, 15) is 0 Å². The summed E-state index contributed by atoms with van der Waals surface area (Å²) in [5.74, 6) is 2.19. The molecule has 0 aliphatic heterocycles. The fraction of sp³-hybridized carbons (Fsp3) is 0.462. The Morgan fingerprint density at radius 2 is 2.00 bits per heavy atom. The number of nitrogens with zero attached hydrogens (tertiary/aromatic N) is 4. The van der Waals surface area contributed by atoms with E-state index in [-0.39, 0.29) is 0 Å². The second-order valence-electron chi connectivity index (χ2n) is 4.31. The predicted molar refractivity (Wildman–Crippen MR) is 73.8 cm³/mol. The summed E-state index contributed by atoms with van der Waals surface area (Å²) in [5, 5.41) is 15.1. The van der Waals surface area contributed by atoms with E-state index in [0.717, 1.165) is 24.5 Å². The monoisotopic (exact) mass is 277 g/mol. The third-order valence-electron chi connectivity index (χ3n) is 2.87. The molecule has 0 saturated carbocycles. The highest BCUT2D eigenvalue weighted by molar-refractivity contribution is 5.42. The summed E-state index contributed by atoms with van der Waals surface area (Å²) in [6.07, 6.45) is 0.890. The minimum atomic E-state index is 0.612. The van der Waals surface area contributed by atoms with Gasteiger partial charge < -0.3 is 14.8 Å². The van der Waals surface area contributed by atoms with E-state index >= 15 is 0 Å². The molecule has 0 atom stereocenters. The fourth-order valence-corrected chi connectivity index (χ4v) is 1.86. The smallest absolute Gasteiger partial charge is 0.188 e.